The average Bonchev–Trinajstić information content (AvgIpc) is 2.83. The third-order valence-corrected chi connectivity index (χ3v) is 2.21. The zero-order chi connectivity index (χ0) is 15.0. The topological polar surface area (TPSA) is 122 Å². The number of nitrogens with two attached hydrogens (primary N) is 1. The minimum atomic E-state index is -0.620. The molecule has 0 bridgehead atoms. The lowest BCUT2D eigenvalue weighted by Gasteiger charge is -2.07. The van der Waals surface area contributed by atoms with Gasteiger partial charge in [0.05, 0.1) is 12.3 Å². The molecule has 0 saturated heterocycles. The Hall–Kier alpha value is -2.42. The standard InChI is InChI=1S/C11H18N6O3/c1-16(2)7-3-6-13-11(12)15-14-8-9-4-5-10(20-9)17(18)19/h4-5,8H,3,6-7H2,1-2H3,(H3,12,13,15). The van der Waals surface area contributed by atoms with Crippen LogP contribution < -0.4 is 11.2 Å². The van der Waals surface area contributed by atoms with E-state index in [0.29, 0.717) is 6.54 Å². The van der Waals surface area contributed by atoms with Gasteiger partial charge in [-0.25, -0.2) is 5.43 Å². The maximum absolute atomic E-state index is 10.4. The van der Waals surface area contributed by atoms with Crippen molar-refractivity contribution in [3.05, 3.63) is 28.0 Å². The highest BCUT2D eigenvalue weighted by Gasteiger charge is 2.09. The monoisotopic (exact) mass is 282 g/mol. The van der Waals surface area contributed by atoms with Crippen LogP contribution in [0.15, 0.2) is 26.6 Å². The van der Waals surface area contributed by atoms with Crippen LogP contribution >= 0.6 is 0 Å². The van der Waals surface area contributed by atoms with E-state index in [4.69, 9.17) is 10.2 Å². The molecule has 0 amide bonds. The van der Waals surface area contributed by atoms with Crippen LogP contribution in [0.3, 0.4) is 0 Å². The minimum absolute atomic E-state index is 0.182. The third kappa shape index (κ3) is 5.96. The number of hydrogen-bond donors (Lipinski definition) is 2. The van der Waals surface area contributed by atoms with Gasteiger partial charge >= 0.3 is 5.88 Å². The molecule has 0 radical (unpaired) electrons. The number of nitrogens with zero attached hydrogens (tertiary/aromatic N) is 4. The molecule has 0 fully saturated rings. The number of guanidine groups is 1. The second kappa shape index (κ2) is 7.89. The largest absolute Gasteiger partial charge is 0.433 e. The van der Waals surface area contributed by atoms with Crippen LogP contribution in [-0.2, 0) is 0 Å². The molecular weight excluding hydrogens is 264 g/mol. The van der Waals surface area contributed by atoms with Crippen LogP contribution in [0.4, 0.5) is 5.88 Å². The Labute approximate surface area is 116 Å². The number of hydrogen-bond acceptors (Lipinski definition) is 6. The van der Waals surface area contributed by atoms with Crippen molar-refractivity contribution in [2.45, 2.75) is 6.42 Å². The van der Waals surface area contributed by atoms with E-state index in [9.17, 15) is 10.1 Å². The van der Waals surface area contributed by atoms with Gasteiger partial charge in [-0.05, 0) is 33.1 Å². The van der Waals surface area contributed by atoms with Gasteiger partial charge in [0.1, 0.15) is 4.92 Å². The second-order valence-electron chi connectivity index (χ2n) is 4.23. The van der Waals surface area contributed by atoms with Gasteiger partial charge in [-0.15, -0.1) is 0 Å². The van der Waals surface area contributed by atoms with Crippen molar-refractivity contribution in [1.82, 2.24) is 10.3 Å². The molecule has 0 spiro atoms. The molecule has 20 heavy (non-hydrogen) atoms. The first-order valence-corrected chi connectivity index (χ1v) is 5.97. The number of furan rings is 1. The summed E-state index contributed by atoms with van der Waals surface area (Å²) < 4.78 is 4.88. The van der Waals surface area contributed by atoms with Crippen LogP contribution in [0.1, 0.15) is 12.2 Å². The molecule has 1 rings (SSSR count). The van der Waals surface area contributed by atoms with Crippen molar-refractivity contribution < 1.29 is 9.34 Å². The lowest BCUT2D eigenvalue weighted by molar-refractivity contribution is -0.402. The molecule has 0 atom stereocenters. The van der Waals surface area contributed by atoms with Crippen molar-refractivity contribution in [2.24, 2.45) is 15.8 Å². The highest BCUT2D eigenvalue weighted by atomic mass is 16.6. The smallest absolute Gasteiger partial charge is 0.400 e. The number of rotatable bonds is 7. The Morgan fingerprint density at radius 1 is 1.60 bits per heavy atom. The summed E-state index contributed by atoms with van der Waals surface area (Å²) in [6, 6.07) is 2.69. The summed E-state index contributed by atoms with van der Waals surface area (Å²) >= 11 is 0. The van der Waals surface area contributed by atoms with Crippen molar-refractivity contribution in [2.75, 3.05) is 27.2 Å². The molecule has 0 aliphatic rings. The van der Waals surface area contributed by atoms with Crippen molar-refractivity contribution in [1.29, 1.82) is 0 Å². The summed E-state index contributed by atoms with van der Waals surface area (Å²) in [7, 11) is 3.97. The highest BCUT2D eigenvalue weighted by Crippen LogP contribution is 2.13. The maximum atomic E-state index is 10.4. The predicted octanol–water partition coefficient (Wildman–Crippen LogP) is 0.378. The van der Waals surface area contributed by atoms with Crippen molar-refractivity contribution in [3.8, 4) is 0 Å². The van der Waals surface area contributed by atoms with Crippen LogP contribution in [0, 0.1) is 10.1 Å². The van der Waals surface area contributed by atoms with Gasteiger partial charge in [0, 0.05) is 6.54 Å². The fourth-order valence-electron chi connectivity index (χ4n) is 1.29. The van der Waals surface area contributed by atoms with Gasteiger partial charge in [0.2, 0.25) is 5.96 Å². The lowest BCUT2D eigenvalue weighted by atomic mass is 10.4. The third-order valence-electron chi connectivity index (χ3n) is 2.21. The summed E-state index contributed by atoms with van der Waals surface area (Å²) in [4.78, 5) is 15.9. The van der Waals surface area contributed by atoms with Crippen molar-refractivity contribution in [3.63, 3.8) is 0 Å². The Morgan fingerprint density at radius 3 is 2.95 bits per heavy atom. The number of aliphatic imine (C=N–C) groups is 1. The minimum Gasteiger partial charge on any atom is -0.400 e. The Balaban J connectivity index is 2.35. The first-order chi connectivity index (χ1) is 9.49. The van der Waals surface area contributed by atoms with Crippen LogP contribution in [-0.4, -0.2) is 49.2 Å². The van der Waals surface area contributed by atoms with Gasteiger partial charge in [-0.3, -0.25) is 15.1 Å². The number of nitro groups is 1. The molecule has 0 aliphatic heterocycles. The Kier molecular flexibility index (Phi) is 6.17. The van der Waals surface area contributed by atoms with Gasteiger partial charge in [0.15, 0.2) is 5.76 Å². The van der Waals surface area contributed by atoms with Crippen LogP contribution in [0.5, 0.6) is 0 Å². The van der Waals surface area contributed by atoms with Crippen LogP contribution in [0.2, 0.25) is 0 Å². The highest BCUT2D eigenvalue weighted by molar-refractivity contribution is 5.81. The summed E-state index contributed by atoms with van der Waals surface area (Å²) in [5.41, 5.74) is 8.09. The van der Waals surface area contributed by atoms with Gasteiger partial charge in [-0.2, -0.15) is 5.10 Å². The van der Waals surface area contributed by atoms with Gasteiger partial charge in [-0.1, -0.05) is 0 Å². The van der Waals surface area contributed by atoms with Gasteiger partial charge in [0.25, 0.3) is 0 Å². The van der Waals surface area contributed by atoms with E-state index in [-0.39, 0.29) is 17.6 Å². The second-order valence-corrected chi connectivity index (χ2v) is 4.23. The first-order valence-electron chi connectivity index (χ1n) is 5.97. The zero-order valence-electron chi connectivity index (χ0n) is 11.4. The maximum Gasteiger partial charge on any atom is 0.433 e. The fourth-order valence-corrected chi connectivity index (χ4v) is 1.29. The summed E-state index contributed by atoms with van der Waals surface area (Å²) in [6.45, 7) is 1.52. The summed E-state index contributed by atoms with van der Waals surface area (Å²) in [5, 5.41) is 14.2. The molecular formula is C11H18N6O3. The zero-order valence-corrected chi connectivity index (χ0v) is 11.4. The Morgan fingerprint density at radius 2 is 2.35 bits per heavy atom. The van der Waals surface area contributed by atoms with E-state index in [1.165, 1.54) is 18.3 Å². The molecule has 9 nitrogen and oxygen atoms in total. The van der Waals surface area contributed by atoms with E-state index in [0.717, 1.165) is 13.0 Å². The quantitative estimate of drug-likeness (QED) is 0.245. The van der Waals surface area contributed by atoms with E-state index in [2.05, 4.69) is 20.4 Å². The molecule has 0 unspecified atom stereocenters. The molecule has 9 heteroatoms. The normalized spacial score (nSPS) is 12.2. The molecule has 1 heterocycles. The lowest BCUT2D eigenvalue weighted by Crippen LogP contribution is -2.27. The SMILES string of the molecule is CN(C)CCCN=C(N)NN=Cc1ccc([N+](=O)[O-])o1. The average molecular weight is 282 g/mol. The van der Waals surface area contributed by atoms with E-state index >= 15 is 0 Å². The summed E-state index contributed by atoms with van der Waals surface area (Å²) in [5.74, 6) is 0.0995. The van der Waals surface area contributed by atoms with E-state index in [1.54, 1.807) is 0 Å². The molecule has 110 valence electrons. The number of nitrogens with one attached hydrogen (secondary N) is 1. The molecule has 0 aliphatic carbocycles. The summed E-state index contributed by atoms with van der Waals surface area (Å²) in [6.07, 6.45) is 2.18. The predicted molar refractivity (Wildman–Crippen MR) is 75.8 cm³/mol. The molecule has 3 N–H and O–H groups in total. The van der Waals surface area contributed by atoms with E-state index in [1.807, 2.05) is 14.1 Å². The Bertz CT molecular complexity index is 494. The molecule has 1 aromatic heterocycles. The number of hydrazone groups is 1. The van der Waals surface area contributed by atoms with E-state index < -0.39 is 4.92 Å². The first kappa shape index (κ1) is 15.6. The van der Waals surface area contributed by atoms with Crippen LogP contribution in [0.25, 0.3) is 0 Å². The molecule has 0 saturated carbocycles. The molecule has 1 aromatic rings. The van der Waals surface area contributed by atoms with Gasteiger partial charge < -0.3 is 15.1 Å². The fraction of sp³-hybridized carbons (Fsp3) is 0.455. The molecule has 0 aromatic carbocycles. The van der Waals surface area contributed by atoms with Crippen molar-refractivity contribution >= 4 is 18.1 Å².